The Kier molecular flexibility index (Phi) is 6.77. The van der Waals surface area contributed by atoms with Gasteiger partial charge in [-0.25, -0.2) is 5.43 Å². The second kappa shape index (κ2) is 9.05. The Bertz CT molecular complexity index is 817. The van der Waals surface area contributed by atoms with Gasteiger partial charge in [0.05, 0.1) is 15.2 Å². The van der Waals surface area contributed by atoms with Crippen LogP contribution in [0.3, 0.4) is 0 Å². The summed E-state index contributed by atoms with van der Waals surface area (Å²) in [5.74, 6) is 1.59. The number of carbonyl (C=O) groups excluding carboxylic acids is 1. The average Bonchev–Trinajstić information content (AvgIpc) is 3.23. The first-order valence-corrected chi connectivity index (χ1v) is 10.3. The molecule has 1 fully saturated rings. The molecule has 1 aromatic heterocycles. The van der Waals surface area contributed by atoms with Crippen molar-refractivity contribution in [3.8, 4) is 5.75 Å². The van der Waals surface area contributed by atoms with E-state index >= 15 is 0 Å². The molecule has 0 spiro atoms. The number of benzene rings is 1. The number of furan rings is 1. The van der Waals surface area contributed by atoms with Crippen LogP contribution in [-0.2, 0) is 4.79 Å². The van der Waals surface area contributed by atoms with Gasteiger partial charge in [-0.3, -0.25) is 4.79 Å². The van der Waals surface area contributed by atoms with E-state index in [4.69, 9.17) is 9.15 Å². The molecule has 1 N–H and O–H groups in total. The molecule has 0 aliphatic carbocycles. The summed E-state index contributed by atoms with van der Waals surface area (Å²) in [6.07, 6.45) is 3.81. The van der Waals surface area contributed by atoms with Crippen LogP contribution in [0.25, 0.3) is 0 Å². The lowest BCUT2D eigenvalue weighted by Gasteiger charge is -2.13. The number of ether oxygens (including phenoxy) is 1. The molecule has 26 heavy (non-hydrogen) atoms. The number of anilines is 1. The maximum atomic E-state index is 11.8. The van der Waals surface area contributed by atoms with Gasteiger partial charge < -0.3 is 14.1 Å². The van der Waals surface area contributed by atoms with Crippen molar-refractivity contribution in [2.45, 2.75) is 12.8 Å². The first-order valence-electron chi connectivity index (χ1n) is 7.97. The number of nitrogens with one attached hydrogen (secondary N) is 1. The monoisotopic (exact) mass is 547 g/mol. The van der Waals surface area contributed by atoms with Crippen molar-refractivity contribution in [1.82, 2.24) is 5.43 Å². The van der Waals surface area contributed by atoms with E-state index in [1.165, 1.54) is 19.1 Å². The topological polar surface area (TPSA) is 67.1 Å². The van der Waals surface area contributed by atoms with Crippen molar-refractivity contribution in [3.63, 3.8) is 0 Å². The molecule has 1 aliphatic rings. The van der Waals surface area contributed by atoms with Gasteiger partial charge in [0.2, 0.25) is 5.88 Å². The van der Waals surface area contributed by atoms with E-state index in [2.05, 4.69) is 63.2 Å². The van der Waals surface area contributed by atoms with Crippen LogP contribution < -0.4 is 15.1 Å². The molecule has 1 aliphatic heterocycles. The minimum absolute atomic E-state index is 0.140. The molecule has 3 rings (SSSR count). The summed E-state index contributed by atoms with van der Waals surface area (Å²) < 4.78 is 13.8. The van der Waals surface area contributed by atoms with Crippen LogP contribution in [-0.4, -0.2) is 31.8 Å². The Morgan fingerprint density at radius 1 is 1.23 bits per heavy atom. The lowest BCUT2D eigenvalue weighted by Crippen LogP contribution is -2.24. The van der Waals surface area contributed by atoms with E-state index in [-0.39, 0.29) is 12.5 Å². The fourth-order valence-electron chi connectivity index (χ4n) is 2.51. The highest BCUT2D eigenvalue weighted by Crippen LogP contribution is 2.32. The number of carbonyl (C=O) groups is 1. The fraction of sp³-hybridized carbons (Fsp3) is 0.294. The standard InChI is InChI=1S/C17H16Br3N3O3/c18-11-3-4-15(13(19)7-11)25-10-16(24)22-21-9-12-8-14(20)17(26-12)23-5-1-2-6-23/h3-4,7-9H,1-2,5-6,10H2,(H,22,24)/b21-9+. The zero-order chi connectivity index (χ0) is 18.5. The number of hydrogen-bond acceptors (Lipinski definition) is 5. The van der Waals surface area contributed by atoms with Crippen molar-refractivity contribution in [3.05, 3.63) is 43.4 Å². The quantitative estimate of drug-likeness (QED) is 0.419. The SMILES string of the molecule is O=C(COc1ccc(Br)cc1Br)N/N=C/c1cc(Br)c(N2CCCC2)o1. The summed E-state index contributed by atoms with van der Waals surface area (Å²) >= 11 is 10.2. The summed E-state index contributed by atoms with van der Waals surface area (Å²) in [6, 6.07) is 7.28. The van der Waals surface area contributed by atoms with Crippen molar-refractivity contribution in [1.29, 1.82) is 0 Å². The largest absolute Gasteiger partial charge is 0.483 e. The summed E-state index contributed by atoms with van der Waals surface area (Å²) in [4.78, 5) is 14.0. The number of nitrogens with zero attached hydrogens (tertiary/aromatic N) is 2. The van der Waals surface area contributed by atoms with Crippen molar-refractivity contribution < 1.29 is 13.9 Å². The van der Waals surface area contributed by atoms with Gasteiger partial charge in [0.1, 0.15) is 5.75 Å². The van der Waals surface area contributed by atoms with Crippen LogP contribution >= 0.6 is 47.8 Å². The third kappa shape index (κ3) is 5.11. The van der Waals surface area contributed by atoms with Gasteiger partial charge in [0, 0.05) is 23.6 Å². The van der Waals surface area contributed by atoms with Crippen LogP contribution in [0.4, 0.5) is 5.88 Å². The molecule has 1 aromatic carbocycles. The Balaban J connectivity index is 1.50. The van der Waals surface area contributed by atoms with Crippen LogP contribution in [0.5, 0.6) is 5.75 Å². The maximum absolute atomic E-state index is 11.8. The lowest BCUT2D eigenvalue weighted by atomic mass is 10.3. The summed E-state index contributed by atoms with van der Waals surface area (Å²) in [6.45, 7) is 1.84. The smallest absolute Gasteiger partial charge is 0.277 e. The molecule has 2 heterocycles. The first-order chi connectivity index (χ1) is 12.5. The molecule has 1 amide bonds. The van der Waals surface area contributed by atoms with Crippen LogP contribution in [0.2, 0.25) is 0 Å². The van der Waals surface area contributed by atoms with E-state index in [0.29, 0.717) is 11.5 Å². The molecule has 6 nitrogen and oxygen atoms in total. The number of hydrogen-bond donors (Lipinski definition) is 1. The predicted octanol–water partition coefficient (Wildman–Crippen LogP) is 4.70. The van der Waals surface area contributed by atoms with Gasteiger partial charge in [-0.15, -0.1) is 0 Å². The minimum atomic E-state index is -0.360. The molecule has 0 radical (unpaired) electrons. The first kappa shape index (κ1) is 19.4. The zero-order valence-corrected chi connectivity index (χ0v) is 18.4. The molecular weight excluding hydrogens is 534 g/mol. The van der Waals surface area contributed by atoms with Gasteiger partial charge in [0.15, 0.2) is 12.4 Å². The van der Waals surface area contributed by atoms with E-state index in [9.17, 15) is 4.79 Å². The van der Waals surface area contributed by atoms with E-state index < -0.39 is 0 Å². The van der Waals surface area contributed by atoms with Crippen molar-refractivity contribution in [2.75, 3.05) is 24.6 Å². The van der Waals surface area contributed by atoms with Gasteiger partial charge >= 0.3 is 0 Å². The van der Waals surface area contributed by atoms with Gasteiger partial charge in [-0.05, 0) is 62.9 Å². The highest BCUT2D eigenvalue weighted by atomic mass is 79.9. The molecule has 9 heteroatoms. The van der Waals surface area contributed by atoms with E-state index in [0.717, 1.165) is 32.4 Å². The molecule has 2 aromatic rings. The van der Waals surface area contributed by atoms with Gasteiger partial charge in [-0.1, -0.05) is 15.9 Å². The van der Waals surface area contributed by atoms with Crippen LogP contribution in [0.1, 0.15) is 18.6 Å². The summed E-state index contributed by atoms with van der Waals surface area (Å²) in [5, 5.41) is 3.91. The third-order valence-electron chi connectivity index (χ3n) is 3.71. The molecule has 1 saturated heterocycles. The summed E-state index contributed by atoms with van der Waals surface area (Å²) in [7, 11) is 0. The molecule has 138 valence electrons. The Morgan fingerprint density at radius 2 is 2.00 bits per heavy atom. The maximum Gasteiger partial charge on any atom is 0.277 e. The second-order valence-corrected chi connectivity index (χ2v) is 8.28. The highest BCUT2D eigenvalue weighted by Gasteiger charge is 2.19. The lowest BCUT2D eigenvalue weighted by molar-refractivity contribution is -0.123. The molecule has 0 atom stereocenters. The number of amides is 1. The predicted molar refractivity (Wildman–Crippen MR) is 111 cm³/mol. The number of rotatable bonds is 6. The summed E-state index contributed by atoms with van der Waals surface area (Å²) in [5.41, 5.74) is 2.42. The Hall–Kier alpha value is -1.32. The Morgan fingerprint density at radius 3 is 2.73 bits per heavy atom. The van der Waals surface area contributed by atoms with E-state index in [1.54, 1.807) is 6.07 Å². The second-order valence-electron chi connectivity index (χ2n) is 5.65. The van der Waals surface area contributed by atoms with Gasteiger partial charge in [0.25, 0.3) is 5.91 Å². The van der Waals surface area contributed by atoms with Gasteiger partial charge in [-0.2, -0.15) is 5.10 Å². The van der Waals surface area contributed by atoms with Crippen LogP contribution in [0, 0.1) is 0 Å². The number of hydrazone groups is 1. The molecule has 0 bridgehead atoms. The molecule has 0 saturated carbocycles. The molecule has 0 unspecified atom stereocenters. The highest BCUT2D eigenvalue weighted by molar-refractivity contribution is 9.11. The normalized spacial score (nSPS) is 14.2. The third-order valence-corrected chi connectivity index (χ3v) is 5.40. The average molecular weight is 550 g/mol. The Labute approximate surface area is 176 Å². The van der Waals surface area contributed by atoms with Crippen LogP contribution in [0.15, 0.2) is 47.2 Å². The van der Waals surface area contributed by atoms with Crippen molar-refractivity contribution in [2.24, 2.45) is 5.10 Å². The zero-order valence-electron chi connectivity index (χ0n) is 13.7. The molecular formula is C17H16Br3N3O3. The number of halogens is 3. The fourth-order valence-corrected chi connectivity index (χ4v) is 4.23. The minimum Gasteiger partial charge on any atom is -0.483 e. The van der Waals surface area contributed by atoms with E-state index in [1.807, 2.05) is 18.2 Å². The van der Waals surface area contributed by atoms with Crippen molar-refractivity contribution >= 4 is 65.8 Å².